The zero-order valence-corrected chi connectivity index (χ0v) is 20.4. The predicted octanol–water partition coefficient (Wildman–Crippen LogP) is 0.938. The molecular formula is C26H30Cl2Ti. The second-order valence-corrected chi connectivity index (χ2v) is 10.1. The van der Waals surface area contributed by atoms with E-state index in [4.69, 9.17) is 0 Å². The average molecular weight is 461 g/mol. The number of benzene rings is 2. The van der Waals surface area contributed by atoms with Crippen LogP contribution in [-0.2, 0) is 25.6 Å². The quantitative estimate of drug-likeness (QED) is 0.329. The molecule has 0 nitrogen and oxygen atoms in total. The maximum atomic E-state index is 2.43. The normalized spacial score (nSPS) is 13.4. The van der Waals surface area contributed by atoms with Gasteiger partial charge in [0.15, 0.2) is 0 Å². The van der Waals surface area contributed by atoms with Gasteiger partial charge in [-0.3, -0.25) is 0 Å². The van der Waals surface area contributed by atoms with E-state index in [0.717, 1.165) is 6.42 Å². The summed E-state index contributed by atoms with van der Waals surface area (Å²) in [6.45, 7) is 2.30. The molecule has 0 saturated heterocycles. The Morgan fingerprint density at radius 2 is 1.59 bits per heavy atom. The van der Waals surface area contributed by atoms with Crippen molar-refractivity contribution in [3.63, 3.8) is 0 Å². The molecule has 2 aliphatic rings. The first-order valence-electron chi connectivity index (χ1n) is 10.7. The molecule has 0 unspecified atom stereocenters. The number of allylic oxidation sites excluding steroid dienone is 4. The summed E-state index contributed by atoms with van der Waals surface area (Å²) in [4.78, 5) is 0. The van der Waals surface area contributed by atoms with Gasteiger partial charge in [0, 0.05) is 0 Å². The van der Waals surface area contributed by atoms with Crippen LogP contribution in [-0.4, -0.2) is 0 Å². The molecule has 0 radical (unpaired) electrons. The average Bonchev–Trinajstić information content (AvgIpc) is 3.29. The zero-order chi connectivity index (χ0) is 18.5. The van der Waals surface area contributed by atoms with Crippen LogP contribution < -0.4 is 28.7 Å². The van der Waals surface area contributed by atoms with Crippen molar-refractivity contribution < 1.29 is 44.0 Å². The van der Waals surface area contributed by atoms with E-state index in [-0.39, 0.29) is 44.0 Å². The van der Waals surface area contributed by atoms with Crippen LogP contribution in [0.3, 0.4) is 0 Å². The monoisotopic (exact) mass is 460 g/mol. The number of rotatable bonds is 9. The standard InChI is InChI=1S/C13H9.C13H21.2ClH.Ti/c1-3-7-12-10(5-1)9-11-6-2-4-8-13(11)12;1-2-3-4-5-6-7-10-13-11-8-9-12-13;;;/h1-5,7-8H,9H2;8,11H,2-7,9-10H2,1H3;2*1H;/q;;;;+2/p-2. The number of hydrogen-bond donors (Lipinski definition) is 0. The summed E-state index contributed by atoms with van der Waals surface area (Å²) in [5.74, 6) is 0. The summed E-state index contributed by atoms with van der Waals surface area (Å²) < 4.78 is 3.45. The van der Waals surface area contributed by atoms with Crippen LogP contribution in [0, 0.1) is 0 Å². The Morgan fingerprint density at radius 3 is 2.45 bits per heavy atom. The molecule has 0 spiro atoms. The second-order valence-electron chi connectivity index (χ2n) is 7.92. The summed E-state index contributed by atoms with van der Waals surface area (Å²) >= 11 is -0.201. The van der Waals surface area contributed by atoms with Gasteiger partial charge in [-0.1, -0.05) is 0 Å². The van der Waals surface area contributed by atoms with Crippen molar-refractivity contribution >= 4 is 3.87 Å². The molecule has 2 aromatic rings. The van der Waals surface area contributed by atoms with Crippen molar-refractivity contribution in [2.24, 2.45) is 0 Å². The number of fused-ring (bicyclic) bond motifs is 3. The Kier molecular flexibility index (Phi) is 10.3. The topological polar surface area (TPSA) is 0 Å². The maximum absolute atomic E-state index is 2.43. The summed E-state index contributed by atoms with van der Waals surface area (Å²) in [6.07, 6.45) is 16.8. The van der Waals surface area contributed by atoms with Crippen molar-refractivity contribution in [3.05, 3.63) is 75.2 Å². The SMILES string of the molecule is CCCCCCCCC1=[C]([Ti+2][c]2cccc3c2Cc2ccccc2-3)CC=C1.[Cl-].[Cl-]. The molecule has 0 N–H and O–H groups in total. The van der Waals surface area contributed by atoms with E-state index in [0.29, 0.717) is 0 Å². The maximum Gasteiger partial charge on any atom is -1.00 e. The number of halogens is 2. The van der Waals surface area contributed by atoms with E-state index in [2.05, 4.69) is 61.5 Å². The van der Waals surface area contributed by atoms with Gasteiger partial charge in [-0.05, 0) is 0 Å². The molecule has 2 aromatic carbocycles. The van der Waals surface area contributed by atoms with Gasteiger partial charge >= 0.3 is 174 Å². The van der Waals surface area contributed by atoms with Crippen molar-refractivity contribution in [3.8, 4) is 11.1 Å². The molecule has 4 rings (SSSR count). The fourth-order valence-electron chi connectivity index (χ4n) is 4.45. The molecule has 0 bridgehead atoms. The molecule has 0 saturated carbocycles. The van der Waals surface area contributed by atoms with Gasteiger partial charge in [-0.2, -0.15) is 0 Å². The Labute approximate surface area is 198 Å². The van der Waals surface area contributed by atoms with Gasteiger partial charge in [0.2, 0.25) is 0 Å². The van der Waals surface area contributed by atoms with Crippen molar-refractivity contribution in [2.45, 2.75) is 64.7 Å². The van der Waals surface area contributed by atoms with Crippen molar-refractivity contribution in [1.29, 1.82) is 0 Å². The molecule has 29 heavy (non-hydrogen) atoms. The third-order valence-corrected chi connectivity index (χ3v) is 8.41. The minimum atomic E-state index is -0.201. The Hall–Kier alpha value is -0.786. The molecule has 3 heteroatoms. The summed E-state index contributed by atoms with van der Waals surface area (Å²) in [5, 5.41) is 0. The molecule has 0 aromatic heterocycles. The molecule has 0 amide bonds. The smallest absolute Gasteiger partial charge is 1.00 e. The third-order valence-electron chi connectivity index (χ3n) is 5.96. The van der Waals surface area contributed by atoms with Gasteiger partial charge in [0.05, 0.1) is 0 Å². The van der Waals surface area contributed by atoms with Gasteiger partial charge in [-0.15, -0.1) is 0 Å². The molecular weight excluding hydrogens is 431 g/mol. The van der Waals surface area contributed by atoms with Crippen LogP contribution >= 0.6 is 0 Å². The molecule has 152 valence electrons. The second kappa shape index (κ2) is 12.2. The molecule has 0 fully saturated rings. The van der Waals surface area contributed by atoms with Crippen LogP contribution in [0.4, 0.5) is 0 Å². The first-order chi connectivity index (χ1) is 13.4. The molecule has 2 aliphatic carbocycles. The van der Waals surface area contributed by atoms with Crippen LogP contribution in [0.2, 0.25) is 0 Å². The van der Waals surface area contributed by atoms with E-state index >= 15 is 0 Å². The van der Waals surface area contributed by atoms with Gasteiger partial charge < -0.3 is 24.8 Å². The van der Waals surface area contributed by atoms with Crippen LogP contribution in [0.1, 0.15) is 69.4 Å². The first-order valence-corrected chi connectivity index (χ1v) is 12.3. The number of unbranched alkanes of at least 4 members (excludes halogenated alkanes) is 5. The number of hydrogen-bond acceptors (Lipinski definition) is 0. The van der Waals surface area contributed by atoms with Crippen molar-refractivity contribution in [2.75, 3.05) is 0 Å². The predicted molar refractivity (Wildman–Crippen MR) is 113 cm³/mol. The molecule has 0 aliphatic heterocycles. The largest absolute Gasteiger partial charge is 1.00 e. The van der Waals surface area contributed by atoms with Crippen molar-refractivity contribution in [1.82, 2.24) is 0 Å². The first kappa shape index (κ1) is 24.5. The van der Waals surface area contributed by atoms with E-state index in [1.54, 1.807) is 18.9 Å². The van der Waals surface area contributed by atoms with Crippen LogP contribution in [0.15, 0.2) is 64.1 Å². The molecule has 0 heterocycles. The summed E-state index contributed by atoms with van der Waals surface area (Å²) in [5.41, 5.74) is 7.77. The fourth-order valence-corrected chi connectivity index (χ4v) is 6.74. The van der Waals surface area contributed by atoms with E-state index in [1.165, 1.54) is 68.1 Å². The fraction of sp³-hybridized carbons (Fsp3) is 0.385. The molecule has 0 atom stereocenters. The Balaban J connectivity index is 0.00000150. The van der Waals surface area contributed by atoms with E-state index in [9.17, 15) is 0 Å². The Morgan fingerprint density at radius 1 is 0.828 bits per heavy atom. The summed E-state index contributed by atoms with van der Waals surface area (Å²) in [7, 11) is 0. The Bertz CT molecular complexity index is 867. The van der Waals surface area contributed by atoms with E-state index < -0.39 is 0 Å². The van der Waals surface area contributed by atoms with Crippen LogP contribution in [0.25, 0.3) is 11.1 Å². The van der Waals surface area contributed by atoms with Gasteiger partial charge in [0.25, 0.3) is 0 Å². The van der Waals surface area contributed by atoms with Gasteiger partial charge in [0.1, 0.15) is 0 Å². The third kappa shape index (κ3) is 5.89. The van der Waals surface area contributed by atoms with Crippen LogP contribution in [0.5, 0.6) is 0 Å². The minimum Gasteiger partial charge on any atom is -1.00 e. The van der Waals surface area contributed by atoms with E-state index in [1.807, 2.05) is 0 Å². The van der Waals surface area contributed by atoms with Gasteiger partial charge in [-0.25, -0.2) is 0 Å². The minimum absolute atomic E-state index is 0. The zero-order valence-electron chi connectivity index (χ0n) is 17.3. The summed E-state index contributed by atoms with van der Waals surface area (Å²) in [6, 6.07) is 16.0.